The lowest BCUT2D eigenvalue weighted by Gasteiger charge is -2.31. The van der Waals surface area contributed by atoms with Crippen molar-refractivity contribution in [2.45, 2.75) is 158 Å². The fourth-order valence-electron chi connectivity index (χ4n) is 12.2. The first kappa shape index (κ1) is 80.2. The van der Waals surface area contributed by atoms with Crippen molar-refractivity contribution in [3.8, 4) is 0 Å². The van der Waals surface area contributed by atoms with Gasteiger partial charge in [-0.15, -0.1) is 0 Å². The Morgan fingerprint density at radius 3 is 1.65 bits per heavy atom. The third-order valence-electron chi connectivity index (χ3n) is 17.8. The lowest BCUT2D eigenvalue weighted by atomic mass is 9.98. The largest absolute Gasteiger partial charge is 0.394 e. The normalized spacial score (nSPS) is 16.4. The maximum Gasteiger partial charge on any atom is 0.245 e. The molecule has 0 radical (unpaired) electrons. The number of fused-ring (bicyclic) bond motifs is 1. The van der Waals surface area contributed by atoms with E-state index >= 15 is 4.79 Å². The SMILES string of the molecule is CC(C)C[C@H](NC(=O)[C@@H](Cc1ccc(CN2CCOCC2)cc1)NC(=O)[C@H](CCC(N)=O)NC(=O)[C@H](CO)NC(=O)[C@@H](Cc1ccccc1)NC(=O)[C@@H](Cc1ccc(Cl)cc1)NC(=O)[C@H](N)Cc1cccc2ccccc12)C(=O)N[C@@H](CCCN=C(N)N)C(=O)N1CCC[C@H]1C(=O)N[C@H](C)C(N)=O. The number of aliphatic hydroxyl groups excluding tert-OH is 1. The summed E-state index contributed by atoms with van der Waals surface area (Å²) in [6, 6.07) is 22.0. The summed E-state index contributed by atoms with van der Waals surface area (Å²) >= 11 is 6.22. The van der Waals surface area contributed by atoms with E-state index in [-0.39, 0.29) is 76.3 Å². The fraction of sp³-hybridized carbons (Fsp3) is 0.452. The van der Waals surface area contributed by atoms with Gasteiger partial charge in [-0.25, -0.2) is 0 Å². The number of halogens is 1. The summed E-state index contributed by atoms with van der Waals surface area (Å²) in [6.07, 6.45) is -0.430. The van der Waals surface area contributed by atoms with Crippen LogP contribution in [0.4, 0.5) is 0 Å². The van der Waals surface area contributed by atoms with Crippen LogP contribution in [0.1, 0.15) is 93.5 Å². The molecule has 0 spiro atoms. The highest BCUT2D eigenvalue weighted by atomic mass is 35.5. The monoisotopic (exact) mass is 1440 g/mol. The number of ether oxygens (including phenoxy) is 1. The molecule has 0 aliphatic carbocycles. The Hall–Kier alpha value is -10.1. The Labute approximate surface area is 603 Å². The molecule has 7 rings (SSSR count). The minimum Gasteiger partial charge on any atom is -0.394 e. The fourth-order valence-corrected chi connectivity index (χ4v) is 12.3. The van der Waals surface area contributed by atoms with Gasteiger partial charge in [-0.1, -0.05) is 135 Å². The number of likely N-dealkylation sites (tertiary alicyclic amines) is 1. The van der Waals surface area contributed by atoms with Gasteiger partial charge >= 0.3 is 0 Å². The first-order valence-corrected chi connectivity index (χ1v) is 35.0. The van der Waals surface area contributed by atoms with Gasteiger partial charge in [0.25, 0.3) is 0 Å². The first-order chi connectivity index (χ1) is 49.2. The van der Waals surface area contributed by atoms with E-state index in [1.165, 1.54) is 11.8 Å². The van der Waals surface area contributed by atoms with Crippen molar-refractivity contribution in [2.75, 3.05) is 46.0 Å². The smallest absolute Gasteiger partial charge is 0.245 e. The molecule has 30 heteroatoms. The van der Waals surface area contributed by atoms with Gasteiger partial charge in [-0.2, -0.15) is 0 Å². The van der Waals surface area contributed by atoms with E-state index in [4.69, 9.17) is 45.0 Å². The number of carbonyl (C=O) groups excluding carboxylic acids is 11. The Balaban J connectivity index is 1.12. The lowest BCUT2D eigenvalue weighted by Crippen LogP contribution is -2.61. The molecule has 2 aliphatic heterocycles. The number of guanidine groups is 1. The molecule has 0 bridgehead atoms. The van der Waals surface area contributed by atoms with Crippen molar-refractivity contribution in [1.29, 1.82) is 0 Å². The number of nitrogens with zero attached hydrogens (tertiary/aromatic N) is 3. The highest BCUT2D eigenvalue weighted by molar-refractivity contribution is 6.30. The van der Waals surface area contributed by atoms with Crippen LogP contribution in [0.5, 0.6) is 0 Å². The Morgan fingerprint density at radius 1 is 0.553 bits per heavy atom. The van der Waals surface area contributed by atoms with E-state index < -0.39 is 145 Å². The molecule has 10 atom stereocenters. The van der Waals surface area contributed by atoms with Gasteiger partial charge < -0.3 is 85.9 Å². The molecule has 103 heavy (non-hydrogen) atoms. The zero-order valence-corrected chi connectivity index (χ0v) is 59.0. The Kier molecular flexibility index (Phi) is 31.1. The van der Waals surface area contributed by atoms with Gasteiger partial charge in [0, 0.05) is 63.4 Å². The maximum atomic E-state index is 15.0. The van der Waals surface area contributed by atoms with Gasteiger partial charge in [0.2, 0.25) is 65.0 Å². The number of amides is 11. The predicted molar refractivity (Wildman–Crippen MR) is 387 cm³/mol. The summed E-state index contributed by atoms with van der Waals surface area (Å²) in [4.78, 5) is 162. The first-order valence-electron chi connectivity index (χ1n) is 34.6. The van der Waals surface area contributed by atoms with E-state index in [1.807, 2.05) is 54.6 Å². The summed E-state index contributed by atoms with van der Waals surface area (Å²) in [5.74, 6) is -9.66. The predicted octanol–water partition coefficient (Wildman–Crippen LogP) is -0.345. The van der Waals surface area contributed by atoms with Crippen LogP contribution in [-0.4, -0.2) is 192 Å². The molecule has 0 aromatic heterocycles. The molecule has 2 fully saturated rings. The Morgan fingerprint density at radius 2 is 1.06 bits per heavy atom. The molecular formula is C73H97ClN16O13. The second-order valence-corrected chi connectivity index (χ2v) is 26.8. The zero-order valence-electron chi connectivity index (χ0n) is 58.3. The van der Waals surface area contributed by atoms with Crippen LogP contribution in [0.15, 0.2) is 126 Å². The minimum atomic E-state index is -1.82. The molecule has 19 N–H and O–H groups in total. The second-order valence-electron chi connectivity index (χ2n) is 26.4. The summed E-state index contributed by atoms with van der Waals surface area (Å²) < 4.78 is 5.52. The van der Waals surface area contributed by atoms with Gasteiger partial charge in [-0.3, -0.25) is 62.6 Å². The van der Waals surface area contributed by atoms with E-state index in [1.54, 1.807) is 80.6 Å². The van der Waals surface area contributed by atoms with Gasteiger partial charge in [0.1, 0.15) is 54.4 Å². The van der Waals surface area contributed by atoms with Crippen LogP contribution < -0.4 is 71.2 Å². The van der Waals surface area contributed by atoms with Gasteiger partial charge in [-0.05, 0) is 109 Å². The number of carbonyl (C=O) groups is 11. The molecule has 2 aliphatic rings. The van der Waals surface area contributed by atoms with Crippen LogP contribution in [0.3, 0.4) is 0 Å². The van der Waals surface area contributed by atoms with Crippen molar-refractivity contribution < 1.29 is 62.6 Å². The maximum absolute atomic E-state index is 15.0. The number of aliphatic imine (C=N–C) groups is 1. The third-order valence-corrected chi connectivity index (χ3v) is 18.1. The molecule has 0 saturated carbocycles. The molecule has 5 aromatic rings. The third kappa shape index (κ3) is 25.4. The molecule has 11 amide bonds. The van der Waals surface area contributed by atoms with Crippen molar-refractivity contribution in [2.24, 2.45) is 39.6 Å². The lowest BCUT2D eigenvalue weighted by molar-refractivity contribution is -0.142. The minimum absolute atomic E-state index is 0.00696. The average molecular weight is 1440 g/mol. The number of nitrogens with one attached hydrogen (secondary N) is 8. The van der Waals surface area contributed by atoms with Crippen molar-refractivity contribution in [3.63, 3.8) is 0 Å². The number of aliphatic hydroxyl groups is 1. The molecular weight excluding hydrogens is 1340 g/mol. The number of hydrogen-bond acceptors (Lipinski definition) is 16. The zero-order chi connectivity index (χ0) is 74.7. The Bertz CT molecular complexity index is 3760. The van der Waals surface area contributed by atoms with Crippen LogP contribution >= 0.6 is 11.6 Å². The molecule has 554 valence electrons. The number of primary amides is 2. The van der Waals surface area contributed by atoms with Crippen LogP contribution in [-0.2, 0) is 89.7 Å². The summed E-state index contributed by atoms with van der Waals surface area (Å²) in [7, 11) is 0. The second kappa shape index (κ2) is 40.0. The summed E-state index contributed by atoms with van der Waals surface area (Å²) in [5, 5.41) is 34.5. The number of hydrogen-bond donors (Lipinski definition) is 14. The molecule has 2 saturated heterocycles. The highest BCUT2D eigenvalue weighted by Crippen LogP contribution is 2.23. The number of nitrogens with two attached hydrogens (primary N) is 5. The summed E-state index contributed by atoms with van der Waals surface area (Å²) in [5.41, 5.74) is 32.2. The van der Waals surface area contributed by atoms with E-state index in [2.05, 4.69) is 52.4 Å². The standard InChI is InChI=1S/C73H97ClN16O13/c1-43(2)36-56(66(96)83-55(18-10-30-80-73(78)79)72(102)90-31-11-19-61(90)71(101)81-44(3)63(77)93)85-68(98)59(38-46-20-22-48(23-21-46)41-89-32-34-103-35-33-89)86-65(95)54(28-29-62(76)92)82-70(100)60(42-91)88-69(99)58(37-45-12-5-4-6-13-45)87-67(97)57(39-47-24-26-51(74)27-25-47)84-64(94)53(75)40-50-16-9-15-49-14-7-8-17-52(49)50/h4-9,12-17,20-27,43-44,53-61,91H,10-11,18-19,28-42,75H2,1-3H3,(H2,76,92)(H2,77,93)(H,81,101)(H,82,100)(H,83,96)(H,84,94)(H,85,98)(H,86,95)(H,87,97)(H,88,99)(H4,78,79,80)/t44-,53-,54+,55+,56+,57-,58-,59-,60+,61+/m1/s1. The van der Waals surface area contributed by atoms with Crippen molar-refractivity contribution in [3.05, 3.63) is 154 Å². The molecule has 29 nitrogen and oxygen atoms in total. The van der Waals surface area contributed by atoms with Crippen LogP contribution in [0.25, 0.3) is 10.8 Å². The van der Waals surface area contributed by atoms with E-state index in [9.17, 15) is 53.1 Å². The average Bonchev–Trinajstić information content (AvgIpc) is 1.82. The van der Waals surface area contributed by atoms with Crippen LogP contribution in [0, 0.1) is 5.92 Å². The molecule has 2 heterocycles. The van der Waals surface area contributed by atoms with Gasteiger partial charge in [0.15, 0.2) is 5.96 Å². The van der Waals surface area contributed by atoms with E-state index in [0.29, 0.717) is 61.0 Å². The van der Waals surface area contributed by atoms with Gasteiger partial charge in [0.05, 0.1) is 25.9 Å². The van der Waals surface area contributed by atoms with E-state index in [0.717, 1.165) is 21.9 Å². The van der Waals surface area contributed by atoms with Crippen molar-refractivity contribution in [1.82, 2.24) is 52.3 Å². The van der Waals surface area contributed by atoms with Crippen LogP contribution in [0.2, 0.25) is 5.02 Å². The van der Waals surface area contributed by atoms with Crippen molar-refractivity contribution >= 4 is 93.3 Å². The number of morpholine rings is 1. The summed E-state index contributed by atoms with van der Waals surface area (Å²) in [6.45, 7) is 7.32. The molecule has 5 aromatic carbocycles. The molecule has 0 unspecified atom stereocenters. The highest BCUT2D eigenvalue weighted by Gasteiger charge is 2.40. The number of rotatable bonds is 38. The quantitative estimate of drug-likeness (QED) is 0.0136. The topological polar surface area (TPSA) is 462 Å². The number of benzene rings is 5.